The largest absolute Gasteiger partial charge is 0.368 e. The van der Waals surface area contributed by atoms with Gasteiger partial charge in [0.25, 0.3) is 5.69 Å². The Morgan fingerprint density at radius 3 is 2.57 bits per heavy atom. The van der Waals surface area contributed by atoms with Gasteiger partial charge in [0, 0.05) is 49.7 Å². The Balaban J connectivity index is 1.43. The van der Waals surface area contributed by atoms with Crippen LogP contribution in [0.4, 0.5) is 25.8 Å². The van der Waals surface area contributed by atoms with E-state index >= 15 is 0 Å². The van der Waals surface area contributed by atoms with E-state index in [1.807, 2.05) is 0 Å². The summed E-state index contributed by atoms with van der Waals surface area (Å²) in [6, 6.07) is 17.0. The molecule has 180 valence electrons. The fourth-order valence-corrected chi connectivity index (χ4v) is 5.08. The maximum Gasteiger partial charge on any atom is 0.269 e. The van der Waals surface area contributed by atoms with Gasteiger partial charge < -0.3 is 15.1 Å². The van der Waals surface area contributed by atoms with Crippen LogP contribution in [0.1, 0.15) is 11.1 Å². The predicted molar refractivity (Wildman–Crippen MR) is 128 cm³/mol. The van der Waals surface area contributed by atoms with Crippen molar-refractivity contribution in [2.24, 2.45) is 5.92 Å². The molecule has 35 heavy (non-hydrogen) atoms. The Labute approximate surface area is 201 Å². The molecule has 1 fully saturated rings. The van der Waals surface area contributed by atoms with Crippen LogP contribution in [0.15, 0.2) is 66.7 Å². The highest BCUT2D eigenvalue weighted by atomic mass is 19.1. The molecule has 0 saturated carbocycles. The molecule has 1 saturated heterocycles. The van der Waals surface area contributed by atoms with Gasteiger partial charge in [-0.3, -0.25) is 14.9 Å². The van der Waals surface area contributed by atoms with Crippen molar-refractivity contribution in [3.05, 3.63) is 99.6 Å². The Hall–Kier alpha value is -4.01. The number of fused-ring (bicyclic) bond motifs is 3. The van der Waals surface area contributed by atoms with Gasteiger partial charge >= 0.3 is 0 Å². The van der Waals surface area contributed by atoms with Crippen molar-refractivity contribution in [3.63, 3.8) is 0 Å². The smallest absolute Gasteiger partial charge is 0.269 e. The first-order valence-electron chi connectivity index (χ1n) is 11.5. The van der Waals surface area contributed by atoms with E-state index in [4.69, 9.17) is 0 Å². The summed E-state index contributed by atoms with van der Waals surface area (Å²) >= 11 is 0. The highest BCUT2D eigenvalue weighted by Gasteiger charge is 2.42. The van der Waals surface area contributed by atoms with Gasteiger partial charge in [-0.1, -0.05) is 12.1 Å². The first kappa shape index (κ1) is 22.8. The number of non-ortho nitro benzene ring substituents is 1. The molecule has 5 rings (SSSR count). The van der Waals surface area contributed by atoms with Gasteiger partial charge in [0.1, 0.15) is 11.6 Å². The maximum absolute atomic E-state index is 13.6. The summed E-state index contributed by atoms with van der Waals surface area (Å²) in [4.78, 5) is 28.6. The number of nitrogens with zero attached hydrogens (tertiary/aromatic N) is 3. The lowest BCUT2D eigenvalue weighted by molar-refractivity contribution is -0.384. The summed E-state index contributed by atoms with van der Waals surface area (Å²) in [5.41, 5.74) is 3.18. The molecule has 2 heterocycles. The average Bonchev–Trinajstić information content (AvgIpc) is 2.86. The fraction of sp³-hybridized carbons (Fsp3) is 0.269. The zero-order chi connectivity index (χ0) is 24.5. The van der Waals surface area contributed by atoms with E-state index in [0.29, 0.717) is 31.6 Å². The molecule has 2 aliphatic heterocycles. The predicted octanol–water partition coefficient (Wildman–Crippen LogP) is 4.06. The summed E-state index contributed by atoms with van der Waals surface area (Å²) in [6.45, 7) is 2.00. The van der Waals surface area contributed by atoms with Crippen LogP contribution in [0, 0.1) is 27.7 Å². The molecule has 0 aliphatic carbocycles. The van der Waals surface area contributed by atoms with Crippen molar-refractivity contribution in [1.82, 2.24) is 5.32 Å². The number of piperazine rings is 1. The first-order valence-corrected chi connectivity index (χ1v) is 11.5. The number of hydrogen-bond donors (Lipinski definition) is 1. The monoisotopic (exact) mass is 478 g/mol. The number of anilines is 2. The lowest BCUT2D eigenvalue weighted by atomic mass is 9.83. The number of carbonyl (C=O) groups excluding carboxylic acids is 1. The minimum atomic E-state index is -0.471. The highest BCUT2D eigenvalue weighted by molar-refractivity contribution is 5.82. The van der Waals surface area contributed by atoms with E-state index in [2.05, 4.69) is 15.1 Å². The van der Waals surface area contributed by atoms with Crippen molar-refractivity contribution >= 4 is 23.0 Å². The van der Waals surface area contributed by atoms with Crippen molar-refractivity contribution in [2.45, 2.75) is 19.0 Å². The zero-order valence-corrected chi connectivity index (χ0v) is 18.9. The van der Waals surface area contributed by atoms with Crippen LogP contribution in [-0.4, -0.2) is 36.5 Å². The molecule has 2 aliphatic rings. The lowest BCUT2D eigenvalue weighted by Crippen LogP contribution is -2.61. The molecule has 3 aromatic rings. The minimum Gasteiger partial charge on any atom is -0.368 e. The quantitative estimate of drug-likeness (QED) is 0.442. The molecule has 9 heteroatoms. The number of benzene rings is 3. The molecular formula is C26H24F2N4O3. The highest BCUT2D eigenvalue weighted by Crippen LogP contribution is 2.38. The SMILES string of the molecule is O=C(NCc1cccc(F)c1)[C@H]1Cc2cc([N+](=O)[O-])ccc2N2CCN(c3ccc(F)cc3)C[C@@H]12. The van der Waals surface area contributed by atoms with Gasteiger partial charge in [-0.15, -0.1) is 0 Å². The molecular weight excluding hydrogens is 454 g/mol. The van der Waals surface area contributed by atoms with Gasteiger partial charge in [0.15, 0.2) is 0 Å². The second-order valence-electron chi connectivity index (χ2n) is 8.91. The molecule has 0 spiro atoms. The topological polar surface area (TPSA) is 78.7 Å². The molecule has 0 radical (unpaired) electrons. The molecule has 0 bridgehead atoms. The van der Waals surface area contributed by atoms with Crippen LogP contribution < -0.4 is 15.1 Å². The average molecular weight is 478 g/mol. The maximum atomic E-state index is 13.6. The Morgan fingerprint density at radius 1 is 1.03 bits per heavy atom. The summed E-state index contributed by atoms with van der Waals surface area (Å²) in [6.07, 6.45) is 0.352. The molecule has 1 N–H and O–H groups in total. The van der Waals surface area contributed by atoms with E-state index in [1.165, 1.54) is 30.3 Å². The second-order valence-corrected chi connectivity index (χ2v) is 8.91. The number of nitro groups is 1. The van der Waals surface area contributed by atoms with E-state index in [0.717, 1.165) is 16.9 Å². The van der Waals surface area contributed by atoms with Crippen molar-refractivity contribution < 1.29 is 18.5 Å². The first-order chi connectivity index (χ1) is 16.9. The standard InChI is InChI=1S/C26H24F2N4O3/c27-19-4-6-21(7-5-19)30-10-11-31-24-9-8-22(32(34)35)13-18(24)14-23(25(31)16-30)26(33)29-15-17-2-1-3-20(28)12-17/h1-9,12-13,23,25H,10-11,14-16H2,(H,29,33)/t23-,25-/m0/s1. The van der Waals surface area contributed by atoms with Crippen LogP contribution in [0.3, 0.4) is 0 Å². The fourth-order valence-electron chi connectivity index (χ4n) is 5.08. The van der Waals surface area contributed by atoms with Crippen molar-refractivity contribution in [1.29, 1.82) is 0 Å². The van der Waals surface area contributed by atoms with Crippen molar-refractivity contribution in [2.75, 3.05) is 29.4 Å². The van der Waals surface area contributed by atoms with Crippen LogP contribution in [0.2, 0.25) is 0 Å². The summed E-state index contributed by atoms with van der Waals surface area (Å²) in [7, 11) is 0. The molecule has 1 amide bonds. The number of nitrogens with one attached hydrogen (secondary N) is 1. The number of amides is 1. The van der Waals surface area contributed by atoms with E-state index in [9.17, 15) is 23.7 Å². The Kier molecular flexibility index (Phi) is 6.07. The van der Waals surface area contributed by atoms with Crippen LogP contribution >= 0.6 is 0 Å². The molecule has 7 nitrogen and oxygen atoms in total. The van der Waals surface area contributed by atoms with Gasteiger partial charge in [0.2, 0.25) is 5.91 Å². The number of rotatable bonds is 5. The Bertz CT molecular complexity index is 1270. The van der Waals surface area contributed by atoms with E-state index < -0.39 is 10.8 Å². The summed E-state index contributed by atoms with van der Waals surface area (Å²) in [5.74, 6) is -1.34. The van der Waals surface area contributed by atoms with Crippen LogP contribution in [-0.2, 0) is 17.8 Å². The van der Waals surface area contributed by atoms with Gasteiger partial charge in [-0.05, 0) is 60.0 Å². The zero-order valence-electron chi connectivity index (χ0n) is 18.9. The van der Waals surface area contributed by atoms with Crippen LogP contribution in [0.25, 0.3) is 0 Å². The molecule has 0 unspecified atom stereocenters. The lowest BCUT2D eigenvalue weighted by Gasteiger charge is -2.49. The van der Waals surface area contributed by atoms with Crippen molar-refractivity contribution in [3.8, 4) is 0 Å². The Morgan fingerprint density at radius 2 is 1.83 bits per heavy atom. The number of halogens is 2. The third kappa shape index (κ3) is 4.66. The van der Waals surface area contributed by atoms with E-state index in [-0.39, 0.29) is 35.8 Å². The third-order valence-electron chi connectivity index (χ3n) is 6.79. The minimum absolute atomic E-state index is 0.00827. The van der Waals surface area contributed by atoms with Gasteiger partial charge in [0.05, 0.1) is 16.9 Å². The molecule has 2 atom stereocenters. The summed E-state index contributed by atoms with van der Waals surface area (Å²) in [5, 5.41) is 14.3. The second kappa shape index (κ2) is 9.32. The normalized spacial score (nSPS) is 19.0. The molecule has 3 aromatic carbocycles. The number of carbonyl (C=O) groups is 1. The van der Waals surface area contributed by atoms with E-state index in [1.54, 1.807) is 36.4 Å². The van der Waals surface area contributed by atoms with Gasteiger partial charge in [-0.25, -0.2) is 8.78 Å². The summed E-state index contributed by atoms with van der Waals surface area (Å²) < 4.78 is 27.0. The van der Waals surface area contributed by atoms with Crippen LogP contribution in [0.5, 0.6) is 0 Å². The number of hydrogen-bond acceptors (Lipinski definition) is 5. The molecule has 0 aromatic heterocycles. The van der Waals surface area contributed by atoms with Gasteiger partial charge in [-0.2, -0.15) is 0 Å². The third-order valence-corrected chi connectivity index (χ3v) is 6.79. The number of nitro benzene ring substituents is 1.